The van der Waals surface area contributed by atoms with Crippen molar-refractivity contribution in [2.75, 3.05) is 25.5 Å². The number of fused-ring (bicyclic) bond motifs is 1. The van der Waals surface area contributed by atoms with E-state index in [0.29, 0.717) is 17.2 Å². The van der Waals surface area contributed by atoms with Crippen molar-refractivity contribution in [1.82, 2.24) is 9.29 Å². The average Bonchev–Trinajstić information content (AvgIpc) is 3.05. The van der Waals surface area contributed by atoms with E-state index in [4.69, 9.17) is 0 Å². The number of amides is 1. The van der Waals surface area contributed by atoms with Gasteiger partial charge < -0.3 is 0 Å². The molecule has 0 spiro atoms. The molecule has 0 unspecified atom stereocenters. The minimum Gasteiger partial charge on any atom is -0.284 e. The lowest BCUT2D eigenvalue weighted by atomic mass is 10.2. The molecule has 1 aromatic heterocycles. The minimum atomic E-state index is -3.52. The summed E-state index contributed by atoms with van der Waals surface area (Å²) in [6.45, 7) is 2.35. The summed E-state index contributed by atoms with van der Waals surface area (Å²) in [6, 6.07) is 13.7. The van der Waals surface area contributed by atoms with Gasteiger partial charge >= 0.3 is 0 Å². The van der Waals surface area contributed by atoms with Crippen molar-refractivity contribution in [2.45, 2.75) is 11.8 Å². The first-order valence-electron chi connectivity index (χ1n) is 8.04. The third-order valence-electron chi connectivity index (χ3n) is 3.95. The fourth-order valence-corrected chi connectivity index (χ4v) is 4.41. The second kappa shape index (κ2) is 7.14. The van der Waals surface area contributed by atoms with Crippen molar-refractivity contribution in [3.8, 4) is 0 Å². The monoisotopic (exact) mass is 389 g/mol. The van der Waals surface area contributed by atoms with Crippen LogP contribution in [0.25, 0.3) is 10.2 Å². The summed E-state index contributed by atoms with van der Waals surface area (Å²) < 4.78 is 26.4. The van der Waals surface area contributed by atoms with Gasteiger partial charge in [0.1, 0.15) is 0 Å². The molecular weight excluding hydrogens is 370 g/mol. The largest absolute Gasteiger partial charge is 0.284 e. The maximum absolute atomic E-state index is 12.9. The number of hydrogen-bond donors (Lipinski definition) is 0. The number of carbonyl (C=O) groups is 1. The number of thiazole rings is 1. The van der Waals surface area contributed by atoms with Crippen LogP contribution in [0.5, 0.6) is 0 Å². The normalized spacial score (nSPS) is 11.8. The molecule has 0 bridgehead atoms. The summed E-state index contributed by atoms with van der Waals surface area (Å²) in [5, 5.41) is 0.628. The topological polar surface area (TPSA) is 70.6 Å². The zero-order valence-corrected chi connectivity index (χ0v) is 16.3. The van der Waals surface area contributed by atoms with E-state index < -0.39 is 10.0 Å². The molecule has 0 atom stereocenters. The molecular formula is C18H19N3O3S2. The van der Waals surface area contributed by atoms with Crippen LogP contribution in [0.2, 0.25) is 0 Å². The van der Waals surface area contributed by atoms with E-state index in [2.05, 4.69) is 4.98 Å². The van der Waals surface area contributed by atoms with Crippen LogP contribution in [-0.4, -0.2) is 44.3 Å². The lowest BCUT2D eigenvalue weighted by Crippen LogP contribution is -2.30. The first-order chi connectivity index (χ1) is 12.3. The summed E-state index contributed by atoms with van der Waals surface area (Å²) >= 11 is 1.46. The van der Waals surface area contributed by atoms with Gasteiger partial charge in [0.2, 0.25) is 10.0 Å². The Morgan fingerprint density at radius 3 is 2.31 bits per heavy atom. The van der Waals surface area contributed by atoms with Gasteiger partial charge in [-0.05, 0) is 43.3 Å². The molecule has 3 aromatic rings. The molecule has 26 heavy (non-hydrogen) atoms. The molecule has 0 radical (unpaired) electrons. The molecule has 0 aliphatic carbocycles. The van der Waals surface area contributed by atoms with Gasteiger partial charge in [-0.1, -0.05) is 23.5 Å². The van der Waals surface area contributed by atoms with Crippen molar-refractivity contribution >= 4 is 42.6 Å². The fourth-order valence-electron chi connectivity index (χ4n) is 2.48. The molecule has 1 heterocycles. The Morgan fingerprint density at radius 1 is 1.08 bits per heavy atom. The summed E-state index contributed by atoms with van der Waals surface area (Å²) in [5.74, 6) is -0.208. The van der Waals surface area contributed by atoms with Gasteiger partial charge in [-0.2, -0.15) is 0 Å². The average molecular weight is 390 g/mol. The number of sulfonamides is 1. The Morgan fingerprint density at radius 2 is 1.73 bits per heavy atom. The molecule has 0 fully saturated rings. The lowest BCUT2D eigenvalue weighted by molar-refractivity contribution is 0.0988. The van der Waals surface area contributed by atoms with Crippen LogP contribution in [-0.2, 0) is 10.0 Å². The first-order valence-corrected chi connectivity index (χ1v) is 10.3. The zero-order chi connectivity index (χ0) is 18.9. The zero-order valence-electron chi connectivity index (χ0n) is 14.7. The number of hydrogen-bond acceptors (Lipinski definition) is 5. The highest BCUT2D eigenvalue weighted by atomic mass is 32.2. The number of aromatic nitrogens is 1. The van der Waals surface area contributed by atoms with E-state index in [9.17, 15) is 13.2 Å². The highest BCUT2D eigenvalue weighted by molar-refractivity contribution is 7.89. The predicted molar refractivity (Wildman–Crippen MR) is 104 cm³/mol. The van der Waals surface area contributed by atoms with Crippen molar-refractivity contribution in [2.24, 2.45) is 0 Å². The van der Waals surface area contributed by atoms with Crippen LogP contribution in [0.15, 0.2) is 53.4 Å². The molecule has 0 saturated heterocycles. The summed E-state index contributed by atoms with van der Waals surface area (Å²) in [7, 11) is -0.571. The Labute approximate surface area is 156 Å². The van der Waals surface area contributed by atoms with Gasteiger partial charge in [0.25, 0.3) is 5.91 Å². The van der Waals surface area contributed by atoms with E-state index in [1.165, 1.54) is 49.7 Å². The van der Waals surface area contributed by atoms with Crippen LogP contribution in [0.3, 0.4) is 0 Å². The maximum Gasteiger partial charge on any atom is 0.260 e. The Kier molecular flexibility index (Phi) is 5.08. The fraction of sp³-hybridized carbons (Fsp3) is 0.222. The minimum absolute atomic E-state index is 0.155. The molecule has 8 heteroatoms. The van der Waals surface area contributed by atoms with Crippen molar-refractivity contribution < 1.29 is 13.2 Å². The Hall–Kier alpha value is -2.29. The van der Waals surface area contributed by atoms with Crippen molar-refractivity contribution in [1.29, 1.82) is 0 Å². The second-order valence-corrected chi connectivity index (χ2v) is 8.99. The molecule has 1 amide bonds. The number of nitrogens with zero attached hydrogens (tertiary/aromatic N) is 3. The Bertz CT molecular complexity index is 1010. The van der Waals surface area contributed by atoms with Crippen LogP contribution in [0.4, 0.5) is 5.13 Å². The number of rotatable bonds is 5. The van der Waals surface area contributed by atoms with Crippen LogP contribution in [0, 0.1) is 0 Å². The summed E-state index contributed by atoms with van der Waals surface area (Å²) in [6.07, 6.45) is 0. The number of benzene rings is 2. The third-order valence-corrected chi connectivity index (χ3v) is 6.84. The van der Waals surface area contributed by atoms with Crippen molar-refractivity contribution in [3.63, 3.8) is 0 Å². The quantitative estimate of drug-likeness (QED) is 0.672. The van der Waals surface area contributed by atoms with Gasteiger partial charge in [-0.25, -0.2) is 17.7 Å². The van der Waals surface area contributed by atoms with E-state index >= 15 is 0 Å². The van der Waals surface area contributed by atoms with Crippen LogP contribution < -0.4 is 4.90 Å². The van der Waals surface area contributed by atoms with E-state index in [0.717, 1.165) is 14.5 Å². The smallest absolute Gasteiger partial charge is 0.260 e. The van der Waals surface area contributed by atoms with Gasteiger partial charge in [0, 0.05) is 26.2 Å². The van der Waals surface area contributed by atoms with Crippen LogP contribution in [0.1, 0.15) is 17.3 Å². The Balaban J connectivity index is 1.91. The van der Waals surface area contributed by atoms with Crippen LogP contribution >= 0.6 is 11.3 Å². The van der Waals surface area contributed by atoms with Gasteiger partial charge in [-0.3, -0.25) is 9.69 Å². The second-order valence-electron chi connectivity index (χ2n) is 5.83. The third kappa shape index (κ3) is 3.35. The highest BCUT2D eigenvalue weighted by Gasteiger charge is 2.21. The number of carbonyl (C=O) groups excluding carboxylic acids is 1. The SMILES string of the molecule is CCN(C(=O)c1ccc(S(=O)(=O)N(C)C)cc1)c1nc2ccccc2s1. The predicted octanol–water partition coefficient (Wildman–Crippen LogP) is 3.21. The van der Waals surface area contributed by atoms with Gasteiger partial charge in [0.15, 0.2) is 5.13 Å². The van der Waals surface area contributed by atoms with E-state index in [-0.39, 0.29) is 10.8 Å². The number of para-hydroxylation sites is 1. The molecule has 0 N–H and O–H groups in total. The molecule has 0 aliphatic heterocycles. The molecule has 3 rings (SSSR count). The van der Waals surface area contributed by atoms with E-state index in [1.807, 2.05) is 31.2 Å². The molecule has 2 aromatic carbocycles. The highest BCUT2D eigenvalue weighted by Crippen LogP contribution is 2.29. The van der Waals surface area contributed by atoms with Crippen molar-refractivity contribution in [3.05, 3.63) is 54.1 Å². The van der Waals surface area contributed by atoms with Gasteiger partial charge in [-0.15, -0.1) is 0 Å². The first kappa shape index (κ1) is 18.5. The number of anilines is 1. The molecule has 136 valence electrons. The summed E-state index contributed by atoms with van der Waals surface area (Å²) in [4.78, 5) is 19.2. The lowest BCUT2D eigenvalue weighted by Gasteiger charge is -2.18. The molecule has 6 nitrogen and oxygen atoms in total. The molecule has 0 saturated carbocycles. The van der Waals surface area contributed by atoms with E-state index in [1.54, 1.807) is 4.90 Å². The standard InChI is InChI=1S/C18H19N3O3S2/c1-4-21(18-19-15-7-5-6-8-16(15)25-18)17(22)13-9-11-14(12-10-13)26(23,24)20(2)3/h5-12H,4H2,1-3H3. The maximum atomic E-state index is 12.9. The summed E-state index contributed by atoms with van der Waals surface area (Å²) in [5.41, 5.74) is 1.27. The molecule has 0 aliphatic rings. The van der Waals surface area contributed by atoms with Gasteiger partial charge in [0.05, 0.1) is 15.1 Å².